The first-order valence-corrected chi connectivity index (χ1v) is 7.34. The predicted molar refractivity (Wildman–Crippen MR) is 80.8 cm³/mol. The highest BCUT2D eigenvalue weighted by molar-refractivity contribution is 5.43. The van der Waals surface area contributed by atoms with Crippen molar-refractivity contribution in [2.75, 3.05) is 13.2 Å². The number of aryl methyl sites for hydroxylation is 1. The number of aliphatic hydroxyl groups excluding tert-OH is 1. The van der Waals surface area contributed by atoms with Gasteiger partial charge in [-0.25, -0.2) is 0 Å². The van der Waals surface area contributed by atoms with E-state index in [4.69, 9.17) is 13.9 Å². The van der Waals surface area contributed by atoms with E-state index < -0.39 is 6.10 Å². The lowest BCUT2D eigenvalue weighted by atomic mass is 10.0. The minimum Gasteiger partial charge on any atom is -0.490 e. The maximum absolute atomic E-state index is 10.3. The summed E-state index contributed by atoms with van der Waals surface area (Å²) in [6.07, 6.45) is 2.40. The minimum absolute atomic E-state index is 0.551. The third-order valence-corrected chi connectivity index (χ3v) is 3.20. The summed E-state index contributed by atoms with van der Waals surface area (Å²) in [7, 11) is 0. The molecular weight excluding hydrogens is 268 g/mol. The van der Waals surface area contributed by atoms with Gasteiger partial charge in [0.1, 0.15) is 5.76 Å². The van der Waals surface area contributed by atoms with E-state index in [1.807, 2.05) is 44.2 Å². The molecule has 0 aliphatic rings. The van der Waals surface area contributed by atoms with Crippen molar-refractivity contribution >= 4 is 0 Å². The first-order chi connectivity index (χ1) is 10.2. The number of hydrogen-bond acceptors (Lipinski definition) is 4. The molecule has 0 aliphatic heterocycles. The molecule has 2 rings (SSSR count). The van der Waals surface area contributed by atoms with Crippen LogP contribution in [-0.4, -0.2) is 18.3 Å². The van der Waals surface area contributed by atoms with E-state index in [0.29, 0.717) is 37.6 Å². The van der Waals surface area contributed by atoms with Gasteiger partial charge >= 0.3 is 0 Å². The Morgan fingerprint density at radius 2 is 1.86 bits per heavy atom. The van der Waals surface area contributed by atoms with Gasteiger partial charge in [0.25, 0.3) is 0 Å². The van der Waals surface area contributed by atoms with Crippen molar-refractivity contribution in [1.29, 1.82) is 0 Å². The number of rotatable bonds is 8. The van der Waals surface area contributed by atoms with E-state index in [1.54, 1.807) is 6.26 Å². The van der Waals surface area contributed by atoms with Crippen LogP contribution in [-0.2, 0) is 6.42 Å². The second kappa shape index (κ2) is 7.74. The zero-order chi connectivity index (χ0) is 15.1. The molecule has 1 unspecified atom stereocenters. The van der Waals surface area contributed by atoms with E-state index in [2.05, 4.69) is 0 Å². The van der Waals surface area contributed by atoms with E-state index in [9.17, 15) is 5.11 Å². The predicted octanol–water partition coefficient (Wildman–Crippen LogP) is 3.74. The number of furan rings is 1. The standard InChI is InChI=1S/C17H22O4/c1-3-19-16-10-7-13(12-17(16)20-4-2)15(18)9-8-14-6-5-11-21-14/h5-7,10-12,15,18H,3-4,8-9H2,1-2H3. The van der Waals surface area contributed by atoms with Crippen LogP contribution in [0.5, 0.6) is 11.5 Å². The van der Waals surface area contributed by atoms with Crippen molar-refractivity contribution in [2.45, 2.75) is 32.8 Å². The molecule has 1 heterocycles. The number of hydrogen-bond donors (Lipinski definition) is 1. The molecule has 0 fully saturated rings. The van der Waals surface area contributed by atoms with Gasteiger partial charge in [-0.05, 0) is 50.1 Å². The van der Waals surface area contributed by atoms with Crippen molar-refractivity contribution < 1.29 is 19.0 Å². The van der Waals surface area contributed by atoms with Gasteiger partial charge in [0, 0.05) is 6.42 Å². The Hall–Kier alpha value is -1.94. The van der Waals surface area contributed by atoms with Crippen molar-refractivity contribution in [2.24, 2.45) is 0 Å². The molecule has 2 aromatic rings. The third-order valence-electron chi connectivity index (χ3n) is 3.20. The summed E-state index contributed by atoms with van der Waals surface area (Å²) in [6.45, 7) is 5.00. The summed E-state index contributed by atoms with van der Waals surface area (Å²) >= 11 is 0. The average Bonchev–Trinajstić information content (AvgIpc) is 3.00. The lowest BCUT2D eigenvalue weighted by Gasteiger charge is -2.15. The molecule has 1 atom stereocenters. The zero-order valence-corrected chi connectivity index (χ0v) is 12.5. The van der Waals surface area contributed by atoms with Gasteiger partial charge in [-0.1, -0.05) is 6.07 Å². The minimum atomic E-state index is -0.551. The van der Waals surface area contributed by atoms with Crippen LogP contribution in [0.15, 0.2) is 41.0 Å². The number of ether oxygens (including phenoxy) is 2. The second-order valence-corrected chi connectivity index (χ2v) is 4.71. The highest BCUT2D eigenvalue weighted by atomic mass is 16.5. The molecule has 0 saturated carbocycles. The van der Waals surface area contributed by atoms with Gasteiger partial charge in [0.15, 0.2) is 11.5 Å². The van der Waals surface area contributed by atoms with Crippen molar-refractivity contribution in [1.82, 2.24) is 0 Å². The van der Waals surface area contributed by atoms with Crippen LogP contribution in [0.2, 0.25) is 0 Å². The lowest BCUT2D eigenvalue weighted by Crippen LogP contribution is -2.03. The normalized spacial score (nSPS) is 12.1. The van der Waals surface area contributed by atoms with Crippen molar-refractivity contribution in [3.8, 4) is 11.5 Å². The summed E-state index contributed by atoms with van der Waals surface area (Å²) in [6, 6.07) is 9.34. The number of benzene rings is 1. The molecule has 1 aromatic carbocycles. The van der Waals surface area contributed by atoms with Crippen LogP contribution >= 0.6 is 0 Å². The van der Waals surface area contributed by atoms with E-state index >= 15 is 0 Å². The van der Waals surface area contributed by atoms with Crippen LogP contribution < -0.4 is 9.47 Å². The molecule has 21 heavy (non-hydrogen) atoms. The van der Waals surface area contributed by atoms with E-state index in [1.165, 1.54) is 0 Å². The number of aliphatic hydroxyl groups is 1. The van der Waals surface area contributed by atoms with Crippen LogP contribution in [0.4, 0.5) is 0 Å². The molecule has 0 radical (unpaired) electrons. The first-order valence-electron chi connectivity index (χ1n) is 7.34. The molecule has 0 aliphatic carbocycles. The monoisotopic (exact) mass is 290 g/mol. The van der Waals surface area contributed by atoms with Gasteiger partial charge in [-0.15, -0.1) is 0 Å². The quantitative estimate of drug-likeness (QED) is 0.804. The average molecular weight is 290 g/mol. The topological polar surface area (TPSA) is 51.8 Å². The van der Waals surface area contributed by atoms with Gasteiger partial charge in [0.05, 0.1) is 25.6 Å². The fourth-order valence-electron chi connectivity index (χ4n) is 2.18. The second-order valence-electron chi connectivity index (χ2n) is 4.71. The summed E-state index contributed by atoms with van der Waals surface area (Å²) in [5.41, 5.74) is 0.827. The summed E-state index contributed by atoms with van der Waals surface area (Å²) in [4.78, 5) is 0. The largest absolute Gasteiger partial charge is 0.490 e. The smallest absolute Gasteiger partial charge is 0.161 e. The fraction of sp³-hybridized carbons (Fsp3) is 0.412. The third kappa shape index (κ3) is 4.26. The van der Waals surface area contributed by atoms with Gasteiger partial charge in [-0.2, -0.15) is 0 Å². The molecule has 0 bridgehead atoms. The molecular formula is C17H22O4. The Morgan fingerprint density at radius 1 is 1.10 bits per heavy atom. The summed E-state index contributed by atoms with van der Waals surface area (Å²) in [5, 5.41) is 10.3. The van der Waals surface area contributed by atoms with Gasteiger partial charge < -0.3 is 19.0 Å². The zero-order valence-electron chi connectivity index (χ0n) is 12.5. The highest BCUT2D eigenvalue weighted by Crippen LogP contribution is 2.32. The highest BCUT2D eigenvalue weighted by Gasteiger charge is 2.13. The van der Waals surface area contributed by atoms with E-state index in [-0.39, 0.29) is 0 Å². The van der Waals surface area contributed by atoms with Crippen LogP contribution in [0.1, 0.15) is 37.7 Å². The molecule has 4 nitrogen and oxygen atoms in total. The van der Waals surface area contributed by atoms with Gasteiger partial charge in [0.2, 0.25) is 0 Å². The Labute approximate surface area is 125 Å². The van der Waals surface area contributed by atoms with Crippen LogP contribution in [0.25, 0.3) is 0 Å². The molecule has 114 valence electrons. The fourth-order valence-corrected chi connectivity index (χ4v) is 2.18. The summed E-state index contributed by atoms with van der Waals surface area (Å²) in [5.74, 6) is 2.26. The van der Waals surface area contributed by atoms with Crippen LogP contribution in [0, 0.1) is 0 Å². The molecule has 0 spiro atoms. The van der Waals surface area contributed by atoms with Crippen molar-refractivity contribution in [3.05, 3.63) is 47.9 Å². The molecule has 0 saturated heterocycles. The van der Waals surface area contributed by atoms with Gasteiger partial charge in [-0.3, -0.25) is 0 Å². The molecule has 1 aromatic heterocycles. The van der Waals surface area contributed by atoms with Crippen molar-refractivity contribution in [3.63, 3.8) is 0 Å². The Balaban J connectivity index is 2.05. The molecule has 1 N–H and O–H groups in total. The maximum atomic E-state index is 10.3. The Bertz CT molecular complexity index is 534. The van der Waals surface area contributed by atoms with Crippen LogP contribution in [0.3, 0.4) is 0 Å². The lowest BCUT2D eigenvalue weighted by molar-refractivity contribution is 0.164. The first kappa shape index (κ1) is 15.4. The molecule has 4 heteroatoms. The van der Waals surface area contributed by atoms with E-state index in [0.717, 1.165) is 11.3 Å². The maximum Gasteiger partial charge on any atom is 0.161 e. The Morgan fingerprint density at radius 3 is 2.52 bits per heavy atom. The Kier molecular flexibility index (Phi) is 5.69. The SMILES string of the molecule is CCOc1ccc(C(O)CCc2ccco2)cc1OCC. The summed E-state index contributed by atoms with van der Waals surface area (Å²) < 4.78 is 16.4. The molecule has 0 amide bonds.